The van der Waals surface area contributed by atoms with Crippen molar-refractivity contribution in [3.63, 3.8) is 0 Å². The first-order valence-corrected chi connectivity index (χ1v) is 14.5. The third kappa shape index (κ3) is 6.92. The second-order valence-corrected chi connectivity index (χ2v) is 11.2. The zero-order valence-corrected chi connectivity index (χ0v) is 24.4. The topological polar surface area (TPSA) is 131 Å². The Morgan fingerprint density at radius 2 is 1.63 bits per heavy atom. The van der Waals surface area contributed by atoms with Gasteiger partial charge in [-0.05, 0) is 53.1 Å². The van der Waals surface area contributed by atoms with E-state index in [-0.39, 0.29) is 30.1 Å². The summed E-state index contributed by atoms with van der Waals surface area (Å²) in [5, 5.41) is 1.93. The predicted molar refractivity (Wildman–Crippen MR) is 164 cm³/mol. The largest absolute Gasteiger partial charge is 0.330 e. The van der Waals surface area contributed by atoms with Crippen molar-refractivity contribution in [2.75, 3.05) is 11.4 Å². The smallest absolute Gasteiger partial charge is 0.228 e. The van der Waals surface area contributed by atoms with E-state index in [1.54, 1.807) is 0 Å². The van der Waals surface area contributed by atoms with Crippen LogP contribution in [-0.2, 0) is 29.1 Å². The molecular formula is C33H44N6O2. The summed E-state index contributed by atoms with van der Waals surface area (Å²) in [6.45, 7) is 7.35. The van der Waals surface area contributed by atoms with Crippen LogP contribution in [0.3, 0.4) is 0 Å². The number of hydrogen-bond donors (Lipinski definition) is 4. The summed E-state index contributed by atoms with van der Waals surface area (Å²) in [5.74, 6) is 13.1. The maximum atomic E-state index is 13.4. The van der Waals surface area contributed by atoms with Gasteiger partial charge in [-0.3, -0.25) is 21.3 Å². The Balaban J connectivity index is 1.76. The number of Topliss-reactive ketones (excluding diaryl/α,β-unsaturated/α-hetero) is 1. The van der Waals surface area contributed by atoms with Crippen molar-refractivity contribution >= 4 is 17.4 Å². The zero-order valence-electron chi connectivity index (χ0n) is 24.4. The minimum absolute atomic E-state index is 0.00279. The Labute approximate surface area is 243 Å². The van der Waals surface area contributed by atoms with E-state index in [9.17, 15) is 9.59 Å². The average Bonchev–Trinajstić information content (AvgIpc) is 2.97. The minimum Gasteiger partial charge on any atom is -0.330 e. The van der Waals surface area contributed by atoms with E-state index >= 15 is 0 Å². The molecule has 0 aliphatic carbocycles. The van der Waals surface area contributed by atoms with Crippen LogP contribution in [0.1, 0.15) is 73.4 Å². The van der Waals surface area contributed by atoms with Gasteiger partial charge in [0.15, 0.2) is 0 Å². The Morgan fingerprint density at radius 3 is 2.27 bits per heavy atom. The number of rotatable bonds is 11. The van der Waals surface area contributed by atoms with Crippen LogP contribution in [0.25, 0.3) is 0 Å². The summed E-state index contributed by atoms with van der Waals surface area (Å²) in [6, 6.07) is 24.1. The Hall–Kier alpha value is -3.40. The summed E-state index contributed by atoms with van der Waals surface area (Å²) in [6.07, 6.45) is 1.79. The first kappa shape index (κ1) is 30.6. The van der Waals surface area contributed by atoms with E-state index in [2.05, 4.69) is 55.7 Å². The number of nitrogens with two attached hydrogens (primary N) is 3. The number of carbonyl (C=O) groups excluding carboxylic acids is 2. The number of nitrogens with zero attached hydrogens (tertiary/aromatic N) is 2. The van der Waals surface area contributed by atoms with Gasteiger partial charge in [-0.15, -0.1) is 0 Å². The highest BCUT2D eigenvalue weighted by Crippen LogP contribution is 2.47. The van der Waals surface area contributed by atoms with Crippen LogP contribution in [-0.4, -0.2) is 29.3 Å². The molecule has 4 unspecified atom stereocenters. The van der Waals surface area contributed by atoms with Crippen molar-refractivity contribution in [3.05, 3.63) is 101 Å². The second kappa shape index (κ2) is 14.0. The van der Waals surface area contributed by atoms with E-state index in [1.165, 1.54) is 12.5 Å². The number of carbonyl (C=O) groups is 2. The Kier molecular flexibility index (Phi) is 10.4. The van der Waals surface area contributed by atoms with Crippen molar-refractivity contribution in [3.8, 4) is 0 Å². The number of fused-ring (bicyclic) bond motifs is 2. The molecule has 8 heteroatoms. The summed E-state index contributed by atoms with van der Waals surface area (Å²) < 4.78 is 0. The van der Waals surface area contributed by atoms with Gasteiger partial charge in [0.05, 0.1) is 18.6 Å². The molecule has 0 fully saturated rings. The molecule has 218 valence electrons. The maximum Gasteiger partial charge on any atom is 0.228 e. The van der Waals surface area contributed by atoms with Crippen molar-refractivity contribution in [1.29, 1.82) is 0 Å². The number of para-hydroxylation sites is 1. The molecule has 3 aromatic rings. The molecule has 7 N–H and O–H groups in total. The Bertz CT molecular complexity index is 1330. The van der Waals surface area contributed by atoms with Gasteiger partial charge >= 0.3 is 0 Å². The van der Waals surface area contributed by atoms with Crippen LogP contribution in [0.5, 0.6) is 0 Å². The molecule has 1 amide bonds. The molecule has 4 atom stereocenters. The molecule has 0 saturated carbocycles. The quantitative estimate of drug-likeness (QED) is 0.207. The number of ketones is 1. The molecule has 1 aliphatic heterocycles. The zero-order chi connectivity index (χ0) is 29.5. The lowest BCUT2D eigenvalue weighted by molar-refractivity contribution is -0.119. The van der Waals surface area contributed by atoms with Crippen LogP contribution in [0.15, 0.2) is 72.8 Å². The summed E-state index contributed by atoms with van der Waals surface area (Å²) in [5.41, 5.74) is 14.8. The molecule has 3 aromatic carbocycles. The van der Waals surface area contributed by atoms with E-state index < -0.39 is 6.04 Å². The van der Waals surface area contributed by atoms with Crippen molar-refractivity contribution < 1.29 is 9.59 Å². The summed E-state index contributed by atoms with van der Waals surface area (Å²) >= 11 is 0. The molecule has 0 aromatic heterocycles. The predicted octanol–water partition coefficient (Wildman–Crippen LogP) is 4.09. The lowest BCUT2D eigenvalue weighted by Gasteiger charge is -2.43. The number of hydrazine groups is 2. The lowest BCUT2D eigenvalue weighted by atomic mass is 9.74. The number of anilines is 1. The molecule has 0 spiro atoms. The number of hydrogen-bond acceptors (Lipinski definition) is 7. The second-order valence-electron chi connectivity index (χ2n) is 11.2. The molecular weight excluding hydrogens is 512 g/mol. The summed E-state index contributed by atoms with van der Waals surface area (Å²) in [4.78, 5) is 27.1. The molecule has 8 nitrogen and oxygen atoms in total. The van der Waals surface area contributed by atoms with Crippen molar-refractivity contribution in [2.45, 2.75) is 71.1 Å². The molecule has 0 saturated heterocycles. The van der Waals surface area contributed by atoms with Crippen LogP contribution in [0.2, 0.25) is 0 Å². The third-order valence-corrected chi connectivity index (χ3v) is 8.42. The fourth-order valence-corrected chi connectivity index (χ4v) is 5.99. The molecule has 1 heterocycles. The molecule has 41 heavy (non-hydrogen) atoms. The van der Waals surface area contributed by atoms with E-state index in [0.717, 1.165) is 34.4 Å². The number of nitrogens with one attached hydrogen (secondary N) is 1. The highest BCUT2D eigenvalue weighted by Gasteiger charge is 2.38. The lowest BCUT2D eigenvalue weighted by Crippen LogP contribution is -2.43. The molecule has 4 rings (SSSR count). The van der Waals surface area contributed by atoms with Gasteiger partial charge in [0.2, 0.25) is 5.91 Å². The first-order valence-electron chi connectivity index (χ1n) is 14.5. The van der Waals surface area contributed by atoms with Gasteiger partial charge in [-0.25, -0.2) is 10.4 Å². The fraction of sp³-hybridized carbons (Fsp3) is 0.394. The van der Waals surface area contributed by atoms with E-state index in [1.807, 2.05) is 46.3 Å². The molecule has 0 radical (unpaired) electrons. The third-order valence-electron chi connectivity index (χ3n) is 8.42. The van der Waals surface area contributed by atoms with Gasteiger partial charge in [-0.2, -0.15) is 0 Å². The monoisotopic (exact) mass is 556 g/mol. The van der Waals surface area contributed by atoms with Gasteiger partial charge in [0.1, 0.15) is 5.78 Å². The van der Waals surface area contributed by atoms with Crippen LogP contribution in [0, 0.1) is 5.92 Å². The molecule has 1 aliphatic rings. The van der Waals surface area contributed by atoms with Gasteiger partial charge < -0.3 is 10.6 Å². The van der Waals surface area contributed by atoms with Crippen LogP contribution >= 0.6 is 0 Å². The highest BCUT2D eigenvalue weighted by molar-refractivity contribution is 5.94. The van der Waals surface area contributed by atoms with E-state index in [4.69, 9.17) is 17.4 Å². The van der Waals surface area contributed by atoms with E-state index in [0.29, 0.717) is 32.0 Å². The van der Waals surface area contributed by atoms with Crippen LogP contribution < -0.4 is 27.7 Å². The van der Waals surface area contributed by atoms with Crippen molar-refractivity contribution in [1.82, 2.24) is 10.4 Å². The van der Waals surface area contributed by atoms with Crippen molar-refractivity contribution in [2.24, 2.45) is 23.3 Å². The minimum atomic E-state index is -0.417. The highest BCUT2D eigenvalue weighted by atomic mass is 16.2. The SMILES string of the molecule is CCC(C)C1c2ccccc2CN(C(=O)CCN)c2ccccc2C1N(N)Cc1ccc(CC(NN)C(C)=O)cc1. The first-order chi connectivity index (χ1) is 19.8. The van der Waals surface area contributed by atoms with Gasteiger partial charge in [0.25, 0.3) is 0 Å². The maximum absolute atomic E-state index is 13.4. The summed E-state index contributed by atoms with van der Waals surface area (Å²) in [7, 11) is 0. The molecule has 0 bridgehead atoms. The average molecular weight is 557 g/mol. The van der Waals surface area contributed by atoms with Gasteiger partial charge in [-0.1, -0.05) is 87.0 Å². The number of amides is 1. The van der Waals surface area contributed by atoms with Crippen LogP contribution in [0.4, 0.5) is 5.69 Å². The fourth-order valence-electron chi connectivity index (χ4n) is 5.99. The standard InChI is InChI=1S/C33H44N6O2/c1-4-22(2)32-27-10-6-5-9-26(27)21-38(31(41)17-18-34)30-12-8-7-11-28(30)33(32)39(36)20-25-15-13-24(14-16-25)19-29(37-35)23(3)40/h5-16,22,29,32-33,37H,4,17-21,34-36H2,1-3H3. The normalized spacial score (nSPS) is 18.2. The van der Waals surface area contributed by atoms with Gasteiger partial charge in [0, 0.05) is 31.1 Å². The number of benzene rings is 3. The Morgan fingerprint density at radius 1 is 1.00 bits per heavy atom.